The Morgan fingerprint density at radius 3 is 2.91 bits per heavy atom. The highest BCUT2D eigenvalue weighted by Crippen LogP contribution is 2.20. The third-order valence-electron chi connectivity index (χ3n) is 3.65. The van der Waals surface area contributed by atoms with Crippen LogP contribution in [0.25, 0.3) is 0 Å². The van der Waals surface area contributed by atoms with Crippen LogP contribution in [0.15, 0.2) is 47.3 Å². The molecule has 1 fully saturated rings. The molecule has 3 rings (SSSR count). The zero-order valence-corrected chi connectivity index (χ0v) is 12.5. The maximum Gasteiger partial charge on any atom is 0.254 e. The van der Waals surface area contributed by atoms with Gasteiger partial charge in [0.2, 0.25) is 5.91 Å². The van der Waals surface area contributed by atoms with Crippen molar-refractivity contribution in [3.8, 4) is 0 Å². The van der Waals surface area contributed by atoms with Crippen LogP contribution in [0.3, 0.4) is 0 Å². The summed E-state index contributed by atoms with van der Waals surface area (Å²) in [5.41, 5.74) is 1.36. The van der Waals surface area contributed by atoms with E-state index in [1.54, 1.807) is 17.0 Å². The molecule has 0 unspecified atom stereocenters. The van der Waals surface area contributed by atoms with Gasteiger partial charge in [-0.2, -0.15) is 0 Å². The van der Waals surface area contributed by atoms with Gasteiger partial charge in [0.25, 0.3) is 5.91 Å². The number of hydrogen-bond donors (Lipinski definition) is 1. The second-order valence-corrected chi connectivity index (χ2v) is 5.66. The Labute approximate surface area is 132 Å². The summed E-state index contributed by atoms with van der Waals surface area (Å²) in [6.45, 7) is 0.935. The average Bonchev–Trinajstić information content (AvgIpc) is 3.12. The molecule has 2 amide bonds. The first-order valence-electron chi connectivity index (χ1n) is 6.98. The lowest BCUT2D eigenvalue weighted by atomic mass is 10.2. The Bertz CT molecular complexity index is 684. The first kappa shape index (κ1) is 14.7. The molecule has 1 aromatic carbocycles. The Hall–Kier alpha value is -2.27. The molecule has 1 atom stereocenters. The van der Waals surface area contributed by atoms with E-state index in [2.05, 4.69) is 5.32 Å². The minimum Gasteiger partial charge on any atom is -0.472 e. The second kappa shape index (κ2) is 6.23. The van der Waals surface area contributed by atoms with Crippen molar-refractivity contribution in [1.29, 1.82) is 0 Å². The van der Waals surface area contributed by atoms with Crippen molar-refractivity contribution in [1.82, 2.24) is 10.2 Å². The van der Waals surface area contributed by atoms with Crippen molar-refractivity contribution in [2.45, 2.75) is 19.0 Å². The van der Waals surface area contributed by atoms with E-state index in [0.29, 0.717) is 30.1 Å². The summed E-state index contributed by atoms with van der Waals surface area (Å²) in [7, 11) is 0. The second-order valence-electron chi connectivity index (χ2n) is 5.25. The molecule has 2 aromatic rings. The van der Waals surface area contributed by atoms with Crippen LogP contribution in [0.5, 0.6) is 0 Å². The van der Waals surface area contributed by atoms with Crippen LogP contribution in [0.2, 0.25) is 5.02 Å². The number of halogens is 1. The first-order chi connectivity index (χ1) is 10.6. The number of nitrogens with one attached hydrogen (secondary N) is 1. The Balaban J connectivity index is 1.61. The largest absolute Gasteiger partial charge is 0.472 e. The summed E-state index contributed by atoms with van der Waals surface area (Å²) in [6.07, 6.45) is 3.13. The van der Waals surface area contributed by atoms with E-state index in [1.807, 2.05) is 18.2 Å². The fourth-order valence-corrected chi connectivity index (χ4v) is 2.71. The topological polar surface area (TPSA) is 62.6 Å². The quantitative estimate of drug-likeness (QED) is 0.942. The van der Waals surface area contributed by atoms with Gasteiger partial charge in [0, 0.05) is 24.5 Å². The van der Waals surface area contributed by atoms with Crippen LogP contribution in [-0.4, -0.2) is 29.3 Å². The van der Waals surface area contributed by atoms with Gasteiger partial charge < -0.3 is 14.6 Å². The lowest BCUT2D eigenvalue weighted by Gasteiger charge is -2.17. The molecule has 0 spiro atoms. The van der Waals surface area contributed by atoms with Crippen LogP contribution >= 0.6 is 11.6 Å². The van der Waals surface area contributed by atoms with Crippen LogP contribution in [0, 0.1) is 0 Å². The fraction of sp³-hybridized carbons (Fsp3) is 0.250. The maximum atomic E-state index is 12.1. The number of amides is 2. The number of hydrogen-bond acceptors (Lipinski definition) is 3. The van der Waals surface area contributed by atoms with Gasteiger partial charge in [-0.15, -0.1) is 0 Å². The summed E-state index contributed by atoms with van der Waals surface area (Å²) in [6, 6.07) is 8.83. The SMILES string of the molecule is O=C(N[C@H]1CC(=O)N(Cc2ccccc2Cl)C1)c1ccoc1. The number of likely N-dealkylation sites (tertiary alicyclic amines) is 1. The summed E-state index contributed by atoms with van der Waals surface area (Å²) in [4.78, 5) is 25.8. The zero-order chi connectivity index (χ0) is 15.5. The van der Waals surface area contributed by atoms with Crippen molar-refractivity contribution >= 4 is 23.4 Å². The highest BCUT2D eigenvalue weighted by atomic mass is 35.5. The maximum absolute atomic E-state index is 12.1. The molecule has 0 saturated carbocycles. The van der Waals surface area contributed by atoms with E-state index in [4.69, 9.17) is 16.0 Å². The predicted octanol–water partition coefficient (Wildman–Crippen LogP) is 2.46. The van der Waals surface area contributed by atoms with Gasteiger partial charge in [-0.3, -0.25) is 9.59 Å². The highest BCUT2D eigenvalue weighted by molar-refractivity contribution is 6.31. The summed E-state index contributed by atoms with van der Waals surface area (Å²) >= 11 is 6.12. The number of rotatable bonds is 4. The lowest BCUT2D eigenvalue weighted by Crippen LogP contribution is -2.36. The Morgan fingerprint density at radius 1 is 1.36 bits per heavy atom. The standard InChI is InChI=1S/C16H15ClN2O3/c17-14-4-2-1-3-11(14)8-19-9-13(7-15(19)20)18-16(21)12-5-6-22-10-12/h1-6,10,13H,7-9H2,(H,18,21)/t13-/m0/s1. The van der Waals surface area contributed by atoms with E-state index in [1.165, 1.54) is 12.5 Å². The monoisotopic (exact) mass is 318 g/mol. The molecule has 0 bridgehead atoms. The normalized spacial score (nSPS) is 17.8. The van der Waals surface area contributed by atoms with Crippen LogP contribution in [-0.2, 0) is 11.3 Å². The number of carbonyl (C=O) groups is 2. The van der Waals surface area contributed by atoms with Crippen LogP contribution < -0.4 is 5.32 Å². The molecule has 5 nitrogen and oxygen atoms in total. The minimum absolute atomic E-state index is 0.0115. The van der Waals surface area contributed by atoms with Gasteiger partial charge in [0.1, 0.15) is 6.26 Å². The molecule has 1 aliphatic rings. The predicted molar refractivity (Wildman–Crippen MR) is 81.4 cm³/mol. The molecule has 2 heterocycles. The number of carbonyl (C=O) groups excluding carboxylic acids is 2. The third-order valence-corrected chi connectivity index (χ3v) is 4.02. The van der Waals surface area contributed by atoms with Gasteiger partial charge >= 0.3 is 0 Å². The smallest absolute Gasteiger partial charge is 0.254 e. The molecule has 0 radical (unpaired) electrons. The van der Waals surface area contributed by atoms with Crippen molar-refractivity contribution in [3.63, 3.8) is 0 Å². The number of benzene rings is 1. The molecule has 6 heteroatoms. The zero-order valence-electron chi connectivity index (χ0n) is 11.8. The molecule has 1 aromatic heterocycles. The molecular weight excluding hydrogens is 304 g/mol. The Morgan fingerprint density at radius 2 is 2.18 bits per heavy atom. The van der Waals surface area contributed by atoms with E-state index >= 15 is 0 Å². The van der Waals surface area contributed by atoms with Gasteiger partial charge in [-0.25, -0.2) is 0 Å². The average molecular weight is 319 g/mol. The van der Waals surface area contributed by atoms with Gasteiger partial charge in [0.15, 0.2) is 0 Å². The molecule has 1 saturated heterocycles. The first-order valence-corrected chi connectivity index (χ1v) is 7.35. The lowest BCUT2D eigenvalue weighted by molar-refractivity contribution is -0.128. The van der Waals surface area contributed by atoms with E-state index in [9.17, 15) is 9.59 Å². The van der Waals surface area contributed by atoms with Gasteiger partial charge in [-0.05, 0) is 17.7 Å². The summed E-state index contributed by atoms with van der Waals surface area (Å²) in [5.74, 6) is -0.219. The molecule has 114 valence electrons. The molecule has 1 aliphatic heterocycles. The van der Waals surface area contributed by atoms with E-state index in [0.717, 1.165) is 5.56 Å². The van der Waals surface area contributed by atoms with Crippen molar-refractivity contribution in [2.24, 2.45) is 0 Å². The van der Waals surface area contributed by atoms with Crippen LogP contribution in [0.1, 0.15) is 22.3 Å². The summed E-state index contributed by atoms with van der Waals surface area (Å²) < 4.78 is 4.88. The van der Waals surface area contributed by atoms with Crippen molar-refractivity contribution in [3.05, 3.63) is 59.0 Å². The highest BCUT2D eigenvalue weighted by Gasteiger charge is 2.31. The van der Waals surface area contributed by atoms with Crippen LogP contribution in [0.4, 0.5) is 0 Å². The number of nitrogens with zero attached hydrogens (tertiary/aromatic N) is 1. The molecule has 0 aliphatic carbocycles. The van der Waals surface area contributed by atoms with Gasteiger partial charge in [-0.1, -0.05) is 29.8 Å². The van der Waals surface area contributed by atoms with Crippen molar-refractivity contribution in [2.75, 3.05) is 6.54 Å². The third kappa shape index (κ3) is 3.14. The number of furan rings is 1. The summed E-state index contributed by atoms with van der Waals surface area (Å²) in [5, 5.41) is 3.49. The van der Waals surface area contributed by atoms with E-state index < -0.39 is 0 Å². The fourth-order valence-electron chi connectivity index (χ4n) is 2.52. The Kier molecular flexibility index (Phi) is 4.15. The molecule has 1 N–H and O–H groups in total. The molecule has 22 heavy (non-hydrogen) atoms. The van der Waals surface area contributed by atoms with Gasteiger partial charge in [0.05, 0.1) is 17.9 Å². The van der Waals surface area contributed by atoms with E-state index in [-0.39, 0.29) is 17.9 Å². The van der Waals surface area contributed by atoms with Crippen molar-refractivity contribution < 1.29 is 14.0 Å². The molecular formula is C16H15ClN2O3. The minimum atomic E-state index is -0.230.